The van der Waals surface area contributed by atoms with Crippen molar-refractivity contribution in [1.82, 2.24) is 4.90 Å². The lowest BCUT2D eigenvalue weighted by molar-refractivity contribution is -0.141. The zero-order valence-electron chi connectivity index (χ0n) is 8.55. The Morgan fingerprint density at radius 2 is 2.23 bits per heavy atom. The SMILES string of the molecule is CCC(C)(CO)N1CCCCC1=O. The van der Waals surface area contributed by atoms with Crippen LogP contribution in [0.25, 0.3) is 0 Å². The van der Waals surface area contributed by atoms with Crippen molar-refractivity contribution >= 4 is 5.91 Å². The van der Waals surface area contributed by atoms with Crippen molar-refractivity contribution in [2.45, 2.75) is 45.1 Å². The van der Waals surface area contributed by atoms with Crippen molar-refractivity contribution < 1.29 is 9.90 Å². The second kappa shape index (κ2) is 4.09. The van der Waals surface area contributed by atoms with Crippen LogP contribution in [0, 0.1) is 0 Å². The first-order valence-electron chi connectivity index (χ1n) is 5.05. The Morgan fingerprint density at radius 3 is 2.69 bits per heavy atom. The molecule has 0 bridgehead atoms. The number of aliphatic hydroxyl groups excluding tert-OH is 1. The van der Waals surface area contributed by atoms with E-state index in [0.717, 1.165) is 25.8 Å². The maximum atomic E-state index is 11.6. The van der Waals surface area contributed by atoms with Gasteiger partial charge in [-0.3, -0.25) is 4.79 Å². The molecule has 3 nitrogen and oxygen atoms in total. The molecule has 0 aromatic rings. The fourth-order valence-corrected chi connectivity index (χ4v) is 1.76. The summed E-state index contributed by atoms with van der Waals surface area (Å²) in [6.45, 7) is 4.84. The van der Waals surface area contributed by atoms with Crippen molar-refractivity contribution in [3.63, 3.8) is 0 Å². The number of piperidine rings is 1. The molecule has 1 unspecified atom stereocenters. The van der Waals surface area contributed by atoms with Crippen LogP contribution in [0.5, 0.6) is 0 Å². The van der Waals surface area contributed by atoms with Crippen LogP contribution < -0.4 is 0 Å². The third-order valence-electron chi connectivity index (χ3n) is 3.08. The molecule has 1 amide bonds. The van der Waals surface area contributed by atoms with E-state index in [1.54, 1.807) is 0 Å². The van der Waals surface area contributed by atoms with Crippen LogP contribution in [0.3, 0.4) is 0 Å². The fraction of sp³-hybridized carbons (Fsp3) is 0.900. The van der Waals surface area contributed by atoms with Crippen LogP contribution in [0.1, 0.15) is 39.5 Å². The molecule has 1 heterocycles. The predicted octanol–water partition coefficient (Wildman–Crippen LogP) is 1.16. The van der Waals surface area contributed by atoms with Gasteiger partial charge in [0.1, 0.15) is 0 Å². The number of likely N-dealkylation sites (tertiary alicyclic amines) is 1. The summed E-state index contributed by atoms with van der Waals surface area (Å²) in [7, 11) is 0. The van der Waals surface area contributed by atoms with Crippen molar-refractivity contribution in [2.75, 3.05) is 13.2 Å². The largest absolute Gasteiger partial charge is 0.394 e. The van der Waals surface area contributed by atoms with Crippen LogP contribution in [0.15, 0.2) is 0 Å². The smallest absolute Gasteiger partial charge is 0.223 e. The Kier molecular flexibility index (Phi) is 3.31. The molecule has 0 aromatic carbocycles. The number of rotatable bonds is 3. The maximum Gasteiger partial charge on any atom is 0.223 e. The standard InChI is InChI=1S/C10H19NO2/c1-3-10(2,8-12)11-7-5-4-6-9(11)13/h12H,3-8H2,1-2H3. The van der Waals surface area contributed by atoms with Gasteiger partial charge in [0, 0.05) is 13.0 Å². The molecule has 76 valence electrons. The van der Waals surface area contributed by atoms with Gasteiger partial charge in [-0.1, -0.05) is 6.92 Å². The Morgan fingerprint density at radius 1 is 1.54 bits per heavy atom. The first-order chi connectivity index (χ1) is 6.14. The molecule has 1 saturated heterocycles. The van der Waals surface area contributed by atoms with Crippen LogP contribution >= 0.6 is 0 Å². The summed E-state index contributed by atoms with van der Waals surface area (Å²) >= 11 is 0. The van der Waals surface area contributed by atoms with E-state index < -0.39 is 0 Å². The summed E-state index contributed by atoms with van der Waals surface area (Å²) in [6, 6.07) is 0. The van der Waals surface area contributed by atoms with E-state index in [2.05, 4.69) is 0 Å². The lowest BCUT2D eigenvalue weighted by atomic mass is 9.94. The molecule has 0 spiro atoms. The Labute approximate surface area is 79.7 Å². The average molecular weight is 185 g/mol. The minimum absolute atomic E-state index is 0.0647. The molecule has 1 rings (SSSR count). The summed E-state index contributed by atoms with van der Waals surface area (Å²) in [5.74, 6) is 0.199. The van der Waals surface area contributed by atoms with E-state index in [4.69, 9.17) is 0 Å². The highest BCUT2D eigenvalue weighted by Crippen LogP contribution is 2.24. The first-order valence-corrected chi connectivity index (χ1v) is 5.05. The molecule has 0 saturated carbocycles. The zero-order valence-corrected chi connectivity index (χ0v) is 8.55. The molecule has 1 aliphatic rings. The number of aliphatic hydroxyl groups is 1. The molecule has 1 atom stereocenters. The van der Waals surface area contributed by atoms with E-state index >= 15 is 0 Å². The van der Waals surface area contributed by atoms with Crippen molar-refractivity contribution in [1.29, 1.82) is 0 Å². The number of amides is 1. The monoisotopic (exact) mass is 185 g/mol. The van der Waals surface area contributed by atoms with Gasteiger partial charge in [0.25, 0.3) is 0 Å². The normalized spacial score (nSPS) is 23.0. The van der Waals surface area contributed by atoms with Crippen molar-refractivity contribution in [3.05, 3.63) is 0 Å². The minimum atomic E-state index is -0.336. The highest BCUT2D eigenvalue weighted by molar-refractivity contribution is 5.77. The Bertz CT molecular complexity index is 187. The number of carbonyl (C=O) groups excluding carboxylic acids is 1. The van der Waals surface area contributed by atoms with Crippen LogP contribution in [-0.4, -0.2) is 34.6 Å². The Balaban J connectivity index is 2.71. The lowest BCUT2D eigenvalue weighted by Gasteiger charge is -2.41. The second-order valence-corrected chi connectivity index (χ2v) is 4.01. The van der Waals surface area contributed by atoms with Crippen LogP contribution in [0.2, 0.25) is 0 Å². The first kappa shape index (κ1) is 10.5. The maximum absolute atomic E-state index is 11.6. The van der Waals surface area contributed by atoms with Crippen LogP contribution in [-0.2, 0) is 4.79 Å². The van der Waals surface area contributed by atoms with Gasteiger partial charge in [0.15, 0.2) is 0 Å². The summed E-state index contributed by atoms with van der Waals surface area (Å²) in [6.07, 6.45) is 3.53. The molecule has 1 fully saturated rings. The van der Waals surface area contributed by atoms with Gasteiger partial charge < -0.3 is 10.0 Å². The molecule has 0 radical (unpaired) electrons. The summed E-state index contributed by atoms with van der Waals surface area (Å²) in [5, 5.41) is 9.26. The molecule has 0 aliphatic carbocycles. The quantitative estimate of drug-likeness (QED) is 0.716. The van der Waals surface area contributed by atoms with E-state index in [1.165, 1.54) is 0 Å². The van der Waals surface area contributed by atoms with Gasteiger partial charge in [0.05, 0.1) is 12.1 Å². The van der Waals surface area contributed by atoms with E-state index in [0.29, 0.717) is 6.42 Å². The lowest BCUT2D eigenvalue weighted by Crippen LogP contribution is -2.53. The fourth-order valence-electron chi connectivity index (χ4n) is 1.76. The average Bonchev–Trinajstić information content (AvgIpc) is 2.17. The topological polar surface area (TPSA) is 40.5 Å². The summed E-state index contributed by atoms with van der Waals surface area (Å²) < 4.78 is 0. The summed E-state index contributed by atoms with van der Waals surface area (Å²) in [4.78, 5) is 13.4. The molecule has 1 aliphatic heterocycles. The van der Waals surface area contributed by atoms with Crippen molar-refractivity contribution in [2.24, 2.45) is 0 Å². The van der Waals surface area contributed by atoms with E-state index in [-0.39, 0.29) is 18.1 Å². The number of hydrogen-bond donors (Lipinski definition) is 1. The van der Waals surface area contributed by atoms with Gasteiger partial charge in [-0.15, -0.1) is 0 Å². The highest BCUT2D eigenvalue weighted by atomic mass is 16.3. The molecule has 1 N–H and O–H groups in total. The van der Waals surface area contributed by atoms with E-state index in [9.17, 15) is 9.90 Å². The molecule has 3 heteroatoms. The number of hydrogen-bond acceptors (Lipinski definition) is 2. The molecule has 13 heavy (non-hydrogen) atoms. The second-order valence-electron chi connectivity index (χ2n) is 4.01. The predicted molar refractivity (Wildman–Crippen MR) is 51.3 cm³/mol. The van der Waals surface area contributed by atoms with Gasteiger partial charge >= 0.3 is 0 Å². The number of nitrogens with zero attached hydrogens (tertiary/aromatic N) is 1. The summed E-state index contributed by atoms with van der Waals surface area (Å²) in [5.41, 5.74) is -0.336. The van der Waals surface area contributed by atoms with Gasteiger partial charge in [0.2, 0.25) is 5.91 Å². The van der Waals surface area contributed by atoms with Gasteiger partial charge in [-0.25, -0.2) is 0 Å². The minimum Gasteiger partial charge on any atom is -0.394 e. The third kappa shape index (κ3) is 2.02. The Hall–Kier alpha value is -0.570. The molecular weight excluding hydrogens is 166 g/mol. The third-order valence-corrected chi connectivity index (χ3v) is 3.08. The van der Waals surface area contributed by atoms with Crippen molar-refractivity contribution in [3.8, 4) is 0 Å². The highest BCUT2D eigenvalue weighted by Gasteiger charge is 2.34. The van der Waals surface area contributed by atoms with E-state index in [1.807, 2.05) is 18.7 Å². The molecule has 0 aromatic heterocycles. The molecular formula is C10H19NO2. The van der Waals surface area contributed by atoms with Crippen LogP contribution in [0.4, 0.5) is 0 Å². The number of carbonyl (C=O) groups is 1. The van der Waals surface area contributed by atoms with Gasteiger partial charge in [-0.05, 0) is 26.2 Å². The zero-order chi connectivity index (χ0) is 9.90. The van der Waals surface area contributed by atoms with Gasteiger partial charge in [-0.2, -0.15) is 0 Å².